The third-order valence-electron chi connectivity index (χ3n) is 3.18. The van der Waals surface area contributed by atoms with Gasteiger partial charge in [0.25, 0.3) is 11.8 Å². The second-order valence-electron chi connectivity index (χ2n) is 4.57. The number of carbonyl (C=O) groups excluding carboxylic acids is 3. The van der Waals surface area contributed by atoms with Crippen molar-refractivity contribution < 1.29 is 19.1 Å². The van der Waals surface area contributed by atoms with Crippen LogP contribution >= 0.6 is 0 Å². The third-order valence-corrected chi connectivity index (χ3v) is 3.18. The smallest absolute Gasteiger partial charge is 0.260 e. The summed E-state index contributed by atoms with van der Waals surface area (Å²) in [6, 6.07) is 6.51. The summed E-state index contributed by atoms with van der Waals surface area (Å²) in [5.74, 6) is -0.330. The van der Waals surface area contributed by atoms with E-state index in [4.69, 9.17) is 10.5 Å². The second-order valence-corrected chi connectivity index (χ2v) is 4.57. The van der Waals surface area contributed by atoms with Gasteiger partial charge in [-0.05, 0) is 12.1 Å². The van der Waals surface area contributed by atoms with Crippen molar-refractivity contribution in [3.05, 3.63) is 29.8 Å². The van der Waals surface area contributed by atoms with Gasteiger partial charge in [0.05, 0.1) is 5.56 Å². The number of amides is 2. The van der Waals surface area contributed by atoms with E-state index in [0.717, 1.165) is 0 Å². The number of nitrogens with zero attached hydrogens (tertiary/aromatic N) is 1. The number of benzene rings is 1. The zero-order valence-electron chi connectivity index (χ0n) is 11.0. The molecule has 6 nitrogen and oxygen atoms in total. The summed E-state index contributed by atoms with van der Waals surface area (Å²) in [6.45, 7) is 0.690. The second kappa shape index (κ2) is 6.18. The lowest BCUT2D eigenvalue weighted by molar-refractivity contribution is -0.136. The molecule has 0 radical (unpaired) electrons. The van der Waals surface area contributed by atoms with Crippen LogP contribution in [-0.2, 0) is 9.59 Å². The van der Waals surface area contributed by atoms with Crippen LogP contribution in [0.25, 0.3) is 0 Å². The number of likely N-dealkylation sites (tertiary alicyclic amines) is 1. The Morgan fingerprint density at radius 2 is 1.85 bits per heavy atom. The van der Waals surface area contributed by atoms with Gasteiger partial charge in [0, 0.05) is 25.9 Å². The first-order chi connectivity index (χ1) is 9.58. The van der Waals surface area contributed by atoms with Gasteiger partial charge in [-0.2, -0.15) is 0 Å². The minimum Gasteiger partial charge on any atom is -0.483 e. The molecule has 1 saturated heterocycles. The summed E-state index contributed by atoms with van der Waals surface area (Å²) in [5.41, 5.74) is 5.47. The Balaban J connectivity index is 1.93. The number of hydrogen-bond donors (Lipinski definition) is 1. The molecule has 0 aromatic heterocycles. The zero-order valence-corrected chi connectivity index (χ0v) is 11.0. The molecule has 1 aliphatic rings. The first kappa shape index (κ1) is 14.0. The molecule has 0 spiro atoms. The summed E-state index contributed by atoms with van der Waals surface area (Å²) in [6.07, 6.45) is 0.785. The molecule has 0 aliphatic carbocycles. The lowest BCUT2D eigenvalue weighted by Crippen LogP contribution is -2.41. The monoisotopic (exact) mass is 276 g/mol. The summed E-state index contributed by atoms with van der Waals surface area (Å²) >= 11 is 0. The molecule has 6 heteroatoms. The van der Waals surface area contributed by atoms with Crippen molar-refractivity contribution in [2.45, 2.75) is 12.8 Å². The summed E-state index contributed by atoms with van der Waals surface area (Å²) in [4.78, 5) is 35.8. The summed E-state index contributed by atoms with van der Waals surface area (Å²) < 4.78 is 5.36. The molecule has 2 N–H and O–H groups in total. The molecule has 1 aliphatic heterocycles. The number of piperidine rings is 1. The zero-order chi connectivity index (χ0) is 14.5. The molecule has 1 heterocycles. The lowest BCUT2D eigenvalue weighted by atomic mass is 10.1. The highest BCUT2D eigenvalue weighted by Crippen LogP contribution is 2.17. The average Bonchev–Trinajstić information content (AvgIpc) is 2.45. The van der Waals surface area contributed by atoms with E-state index in [0.29, 0.717) is 31.7 Å². The van der Waals surface area contributed by atoms with Crippen LogP contribution in [0.3, 0.4) is 0 Å². The number of para-hydroxylation sites is 1. The van der Waals surface area contributed by atoms with Crippen LogP contribution in [0.1, 0.15) is 23.2 Å². The molecule has 1 aromatic carbocycles. The maximum Gasteiger partial charge on any atom is 0.260 e. The predicted molar refractivity (Wildman–Crippen MR) is 71.3 cm³/mol. The molecular formula is C14H16N2O4. The van der Waals surface area contributed by atoms with E-state index in [1.54, 1.807) is 29.2 Å². The Labute approximate surface area is 116 Å². The Bertz CT molecular complexity index is 532. The first-order valence-corrected chi connectivity index (χ1v) is 6.39. The van der Waals surface area contributed by atoms with E-state index in [1.807, 2.05) is 0 Å². The molecule has 0 saturated carbocycles. The average molecular weight is 276 g/mol. The number of ketones is 1. The van der Waals surface area contributed by atoms with E-state index in [-0.39, 0.29) is 23.9 Å². The van der Waals surface area contributed by atoms with Crippen LogP contribution in [0.4, 0.5) is 0 Å². The Morgan fingerprint density at radius 1 is 1.20 bits per heavy atom. The molecule has 0 atom stereocenters. The highest BCUT2D eigenvalue weighted by Gasteiger charge is 2.21. The van der Waals surface area contributed by atoms with Gasteiger partial charge in [-0.25, -0.2) is 0 Å². The van der Waals surface area contributed by atoms with Crippen LogP contribution < -0.4 is 10.5 Å². The maximum absolute atomic E-state index is 11.9. The van der Waals surface area contributed by atoms with Crippen molar-refractivity contribution in [1.29, 1.82) is 0 Å². The van der Waals surface area contributed by atoms with Gasteiger partial charge in [-0.1, -0.05) is 12.1 Å². The van der Waals surface area contributed by atoms with Crippen LogP contribution in [-0.4, -0.2) is 42.2 Å². The SMILES string of the molecule is NC(=O)c1ccccc1OCC(=O)N1CCC(=O)CC1. The van der Waals surface area contributed by atoms with Crippen LogP contribution in [0, 0.1) is 0 Å². The number of carbonyl (C=O) groups is 3. The molecule has 1 fully saturated rings. The van der Waals surface area contributed by atoms with Gasteiger partial charge in [0.1, 0.15) is 11.5 Å². The molecule has 20 heavy (non-hydrogen) atoms. The standard InChI is InChI=1S/C14H16N2O4/c15-14(19)11-3-1-2-4-12(11)20-9-13(18)16-7-5-10(17)6-8-16/h1-4H,5-9H2,(H2,15,19). The fourth-order valence-corrected chi connectivity index (χ4v) is 2.03. The van der Waals surface area contributed by atoms with Gasteiger partial charge >= 0.3 is 0 Å². The van der Waals surface area contributed by atoms with Gasteiger partial charge < -0.3 is 15.4 Å². The largest absolute Gasteiger partial charge is 0.483 e. The molecule has 2 amide bonds. The van der Waals surface area contributed by atoms with Crippen molar-refractivity contribution in [1.82, 2.24) is 4.90 Å². The number of hydrogen-bond acceptors (Lipinski definition) is 4. The normalized spacial score (nSPS) is 15.0. The first-order valence-electron chi connectivity index (χ1n) is 6.39. The number of rotatable bonds is 4. The minimum absolute atomic E-state index is 0.168. The number of nitrogens with two attached hydrogens (primary N) is 1. The van der Waals surface area contributed by atoms with Crippen molar-refractivity contribution in [2.75, 3.05) is 19.7 Å². The van der Waals surface area contributed by atoms with E-state index < -0.39 is 5.91 Å². The van der Waals surface area contributed by atoms with E-state index in [2.05, 4.69) is 0 Å². The Kier molecular flexibility index (Phi) is 4.34. The van der Waals surface area contributed by atoms with Crippen LogP contribution in [0.2, 0.25) is 0 Å². The maximum atomic E-state index is 11.9. The van der Waals surface area contributed by atoms with E-state index >= 15 is 0 Å². The third kappa shape index (κ3) is 3.34. The summed E-state index contributed by atoms with van der Waals surface area (Å²) in [5, 5.41) is 0. The van der Waals surface area contributed by atoms with E-state index in [1.165, 1.54) is 0 Å². The van der Waals surface area contributed by atoms with Crippen LogP contribution in [0.15, 0.2) is 24.3 Å². The number of primary amides is 1. The van der Waals surface area contributed by atoms with Gasteiger partial charge in [0.2, 0.25) is 0 Å². The van der Waals surface area contributed by atoms with Gasteiger partial charge in [-0.3, -0.25) is 14.4 Å². The Hall–Kier alpha value is -2.37. The van der Waals surface area contributed by atoms with Gasteiger partial charge in [0.15, 0.2) is 6.61 Å². The fourth-order valence-electron chi connectivity index (χ4n) is 2.03. The van der Waals surface area contributed by atoms with Crippen LogP contribution in [0.5, 0.6) is 5.75 Å². The summed E-state index contributed by atoms with van der Waals surface area (Å²) in [7, 11) is 0. The minimum atomic E-state index is -0.600. The predicted octanol–water partition coefficient (Wildman–Crippen LogP) is 0.356. The molecular weight excluding hydrogens is 260 g/mol. The highest BCUT2D eigenvalue weighted by atomic mass is 16.5. The van der Waals surface area contributed by atoms with Crippen molar-refractivity contribution in [2.24, 2.45) is 5.73 Å². The Morgan fingerprint density at radius 3 is 2.50 bits per heavy atom. The van der Waals surface area contributed by atoms with E-state index in [9.17, 15) is 14.4 Å². The molecule has 2 rings (SSSR count). The van der Waals surface area contributed by atoms with Gasteiger partial charge in [-0.15, -0.1) is 0 Å². The molecule has 0 unspecified atom stereocenters. The number of Topliss-reactive ketones (excluding diaryl/α,β-unsaturated/α-hetero) is 1. The molecule has 106 valence electrons. The van der Waals surface area contributed by atoms with Crippen molar-refractivity contribution in [3.8, 4) is 5.75 Å². The molecule has 0 bridgehead atoms. The number of ether oxygens (including phenoxy) is 1. The topological polar surface area (TPSA) is 89.7 Å². The lowest BCUT2D eigenvalue weighted by Gasteiger charge is -2.26. The van der Waals surface area contributed by atoms with Crippen molar-refractivity contribution >= 4 is 17.6 Å². The fraction of sp³-hybridized carbons (Fsp3) is 0.357. The quantitative estimate of drug-likeness (QED) is 0.859. The molecule has 1 aromatic rings. The highest BCUT2D eigenvalue weighted by molar-refractivity contribution is 5.95. The van der Waals surface area contributed by atoms with Crippen molar-refractivity contribution in [3.63, 3.8) is 0 Å².